The van der Waals surface area contributed by atoms with Gasteiger partial charge < -0.3 is 5.32 Å². The average molecular weight is 279 g/mol. The van der Waals surface area contributed by atoms with Gasteiger partial charge in [-0.05, 0) is 50.6 Å². The van der Waals surface area contributed by atoms with Crippen LogP contribution in [0.2, 0.25) is 0 Å². The van der Waals surface area contributed by atoms with Gasteiger partial charge in [0, 0.05) is 12.1 Å². The van der Waals surface area contributed by atoms with Crippen molar-refractivity contribution in [3.05, 3.63) is 29.8 Å². The van der Waals surface area contributed by atoms with Gasteiger partial charge in [0.15, 0.2) is 0 Å². The van der Waals surface area contributed by atoms with E-state index in [-0.39, 0.29) is 17.0 Å². The van der Waals surface area contributed by atoms with Crippen molar-refractivity contribution in [1.82, 2.24) is 10.0 Å². The molecule has 2 N–H and O–H groups in total. The Kier molecular flexibility index (Phi) is 4.20. The van der Waals surface area contributed by atoms with E-state index in [0.29, 0.717) is 5.56 Å². The average Bonchev–Trinajstić information content (AvgIpc) is 2.41. The molecule has 102 valence electrons. The molecular weight excluding hydrogens is 262 g/mol. The van der Waals surface area contributed by atoms with Crippen LogP contribution in [0.25, 0.3) is 0 Å². The third-order valence-electron chi connectivity index (χ3n) is 3.36. The molecule has 0 aromatic heterocycles. The van der Waals surface area contributed by atoms with E-state index in [1.807, 2.05) is 13.0 Å². The number of piperidine rings is 1. The molecule has 1 saturated heterocycles. The normalized spacial score (nSPS) is 23.8. The van der Waals surface area contributed by atoms with Gasteiger partial charge in [0.1, 0.15) is 0 Å². The molecule has 6 heteroatoms. The zero-order chi connectivity index (χ0) is 13.9. The molecule has 0 aliphatic carbocycles. The van der Waals surface area contributed by atoms with Crippen molar-refractivity contribution in [2.45, 2.75) is 36.7 Å². The largest absolute Gasteiger partial charge is 0.313 e. The third-order valence-corrected chi connectivity index (χ3v) is 4.87. The van der Waals surface area contributed by atoms with Crippen LogP contribution in [0.1, 0.15) is 25.3 Å². The van der Waals surface area contributed by atoms with E-state index in [9.17, 15) is 8.42 Å². The second kappa shape index (κ2) is 5.70. The number of hydrogen-bond donors (Lipinski definition) is 2. The summed E-state index contributed by atoms with van der Waals surface area (Å²) < 4.78 is 27.2. The summed E-state index contributed by atoms with van der Waals surface area (Å²) >= 11 is 0. The van der Waals surface area contributed by atoms with Crippen LogP contribution in [0.5, 0.6) is 0 Å². The third kappa shape index (κ3) is 3.32. The summed E-state index contributed by atoms with van der Waals surface area (Å²) in [5, 5.41) is 12.0. The summed E-state index contributed by atoms with van der Waals surface area (Å²) in [7, 11) is -3.52. The lowest BCUT2D eigenvalue weighted by Crippen LogP contribution is -2.51. The first kappa shape index (κ1) is 14.0. The fourth-order valence-corrected chi connectivity index (χ4v) is 3.53. The maximum absolute atomic E-state index is 12.2. The number of sulfonamides is 1. The Bertz CT molecular complexity index is 575. The molecule has 2 unspecified atom stereocenters. The van der Waals surface area contributed by atoms with Crippen molar-refractivity contribution < 1.29 is 8.42 Å². The molecular formula is C13H17N3O2S. The van der Waals surface area contributed by atoms with Crippen molar-refractivity contribution in [3.8, 4) is 6.07 Å². The Morgan fingerprint density at radius 1 is 1.37 bits per heavy atom. The van der Waals surface area contributed by atoms with E-state index in [4.69, 9.17) is 5.26 Å². The van der Waals surface area contributed by atoms with E-state index in [1.165, 1.54) is 24.3 Å². The summed E-state index contributed by atoms with van der Waals surface area (Å²) in [4.78, 5) is 0.198. The second-order valence-corrected chi connectivity index (χ2v) is 6.46. The molecule has 19 heavy (non-hydrogen) atoms. The first-order valence-electron chi connectivity index (χ1n) is 6.29. The maximum Gasteiger partial charge on any atom is 0.240 e. The van der Waals surface area contributed by atoms with Gasteiger partial charge in [-0.2, -0.15) is 5.26 Å². The van der Waals surface area contributed by atoms with Crippen LogP contribution in [-0.2, 0) is 10.0 Å². The topological polar surface area (TPSA) is 82.0 Å². The Labute approximate surface area is 113 Å². The molecule has 0 saturated carbocycles. The maximum atomic E-state index is 12.2. The fourth-order valence-electron chi connectivity index (χ4n) is 2.18. The van der Waals surface area contributed by atoms with Crippen LogP contribution in [-0.4, -0.2) is 27.0 Å². The Hall–Kier alpha value is -1.42. The standard InChI is InChI=1S/C13H17N3O2S/c1-10-13(3-2-8-15-10)16-19(17,18)12-6-4-11(9-14)5-7-12/h4-7,10,13,15-16H,2-3,8H2,1H3. The zero-order valence-corrected chi connectivity index (χ0v) is 11.6. The number of nitrogens with one attached hydrogen (secondary N) is 2. The molecule has 2 atom stereocenters. The van der Waals surface area contributed by atoms with Gasteiger partial charge in [0.2, 0.25) is 10.0 Å². The van der Waals surface area contributed by atoms with Crippen LogP contribution in [0.3, 0.4) is 0 Å². The molecule has 0 amide bonds. The summed E-state index contributed by atoms with van der Waals surface area (Å²) in [6.07, 6.45) is 1.80. The zero-order valence-electron chi connectivity index (χ0n) is 10.8. The number of rotatable bonds is 3. The van der Waals surface area contributed by atoms with Gasteiger partial charge in [0.25, 0.3) is 0 Å². The van der Waals surface area contributed by atoms with Crippen LogP contribution >= 0.6 is 0 Å². The van der Waals surface area contributed by atoms with Gasteiger partial charge in [-0.15, -0.1) is 0 Å². The minimum atomic E-state index is -3.52. The van der Waals surface area contributed by atoms with Crippen molar-refractivity contribution in [1.29, 1.82) is 5.26 Å². The highest BCUT2D eigenvalue weighted by atomic mass is 32.2. The predicted octanol–water partition coefficient (Wildman–Crippen LogP) is 0.977. The summed E-state index contributed by atoms with van der Waals surface area (Å²) in [6, 6.07) is 7.95. The predicted molar refractivity (Wildman–Crippen MR) is 72.0 cm³/mol. The summed E-state index contributed by atoms with van der Waals surface area (Å²) in [5.41, 5.74) is 0.451. The molecule has 1 fully saturated rings. The first-order valence-corrected chi connectivity index (χ1v) is 7.77. The van der Waals surface area contributed by atoms with E-state index in [0.717, 1.165) is 19.4 Å². The second-order valence-electron chi connectivity index (χ2n) is 4.75. The van der Waals surface area contributed by atoms with Crippen molar-refractivity contribution in [3.63, 3.8) is 0 Å². The fraction of sp³-hybridized carbons (Fsp3) is 0.462. The molecule has 5 nitrogen and oxygen atoms in total. The summed E-state index contributed by atoms with van der Waals surface area (Å²) in [6.45, 7) is 2.90. The molecule has 1 aromatic rings. The highest BCUT2D eigenvalue weighted by molar-refractivity contribution is 7.89. The first-order chi connectivity index (χ1) is 9.03. The number of nitrogens with zero attached hydrogens (tertiary/aromatic N) is 1. The Morgan fingerprint density at radius 2 is 2.05 bits per heavy atom. The SMILES string of the molecule is CC1NCCCC1NS(=O)(=O)c1ccc(C#N)cc1. The monoisotopic (exact) mass is 279 g/mol. The van der Waals surface area contributed by atoms with Crippen molar-refractivity contribution >= 4 is 10.0 Å². The van der Waals surface area contributed by atoms with Crippen LogP contribution in [0.4, 0.5) is 0 Å². The smallest absolute Gasteiger partial charge is 0.240 e. The van der Waals surface area contributed by atoms with E-state index < -0.39 is 10.0 Å². The number of hydrogen-bond acceptors (Lipinski definition) is 4. The molecule has 1 aromatic carbocycles. The summed E-state index contributed by atoms with van der Waals surface area (Å²) in [5.74, 6) is 0. The highest BCUT2D eigenvalue weighted by Gasteiger charge is 2.26. The highest BCUT2D eigenvalue weighted by Crippen LogP contribution is 2.14. The molecule has 0 bridgehead atoms. The van der Waals surface area contributed by atoms with Crippen molar-refractivity contribution in [2.75, 3.05) is 6.54 Å². The van der Waals surface area contributed by atoms with Crippen molar-refractivity contribution in [2.24, 2.45) is 0 Å². The van der Waals surface area contributed by atoms with E-state index in [1.54, 1.807) is 0 Å². The molecule has 0 radical (unpaired) electrons. The van der Waals surface area contributed by atoms with Gasteiger partial charge in [-0.3, -0.25) is 0 Å². The quantitative estimate of drug-likeness (QED) is 0.864. The molecule has 2 rings (SSSR count). The molecule has 0 spiro atoms. The minimum Gasteiger partial charge on any atom is -0.313 e. The Morgan fingerprint density at radius 3 is 2.63 bits per heavy atom. The lowest BCUT2D eigenvalue weighted by molar-refractivity contribution is 0.349. The van der Waals surface area contributed by atoms with Crippen LogP contribution < -0.4 is 10.0 Å². The lowest BCUT2D eigenvalue weighted by Gasteiger charge is -2.30. The van der Waals surface area contributed by atoms with Gasteiger partial charge in [-0.25, -0.2) is 13.1 Å². The van der Waals surface area contributed by atoms with Crippen LogP contribution in [0.15, 0.2) is 29.2 Å². The van der Waals surface area contributed by atoms with Crippen LogP contribution in [0, 0.1) is 11.3 Å². The number of nitriles is 1. The van der Waals surface area contributed by atoms with Gasteiger partial charge in [0.05, 0.1) is 16.5 Å². The van der Waals surface area contributed by atoms with Gasteiger partial charge in [-0.1, -0.05) is 0 Å². The molecule has 1 heterocycles. The van der Waals surface area contributed by atoms with E-state index in [2.05, 4.69) is 10.0 Å². The number of benzene rings is 1. The molecule has 1 aliphatic rings. The molecule has 1 aliphatic heterocycles. The lowest BCUT2D eigenvalue weighted by atomic mass is 10.0. The Balaban J connectivity index is 2.15. The minimum absolute atomic E-state index is 0.0885. The van der Waals surface area contributed by atoms with Gasteiger partial charge >= 0.3 is 0 Å². The van der Waals surface area contributed by atoms with E-state index >= 15 is 0 Å².